The molecule has 20 heavy (non-hydrogen) atoms. The molecule has 6 heteroatoms. The normalized spacial score (nSPS) is 18.6. The van der Waals surface area contributed by atoms with Crippen molar-refractivity contribution in [1.29, 1.82) is 0 Å². The summed E-state index contributed by atoms with van der Waals surface area (Å²) in [6.45, 7) is 2.19. The highest BCUT2D eigenvalue weighted by molar-refractivity contribution is 7.07. The molecular weight excluding hydrogens is 276 g/mol. The Hall–Kier alpha value is -1.40. The number of carbonyl (C=O) groups excluding carboxylic acids is 2. The zero-order chi connectivity index (χ0) is 14.5. The second kappa shape index (κ2) is 6.85. The van der Waals surface area contributed by atoms with Gasteiger partial charge in [-0.15, -0.1) is 0 Å². The smallest absolute Gasteiger partial charge is 0.228 e. The highest BCUT2D eigenvalue weighted by Gasteiger charge is 2.35. The number of likely N-dealkylation sites (tertiary alicyclic amines) is 1. The van der Waals surface area contributed by atoms with Crippen LogP contribution in [0.3, 0.4) is 0 Å². The van der Waals surface area contributed by atoms with Crippen LogP contribution < -0.4 is 0 Å². The van der Waals surface area contributed by atoms with Crippen LogP contribution in [0.15, 0.2) is 16.8 Å². The predicted octanol–water partition coefficient (Wildman–Crippen LogP) is 1.20. The average molecular weight is 296 g/mol. The fourth-order valence-corrected chi connectivity index (χ4v) is 3.06. The Morgan fingerprint density at radius 1 is 1.60 bits per heavy atom. The van der Waals surface area contributed by atoms with E-state index in [0.717, 1.165) is 5.56 Å². The second-order valence-electron chi connectivity index (χ2n) is 5.06. The van der Waals surface area contributed by atoms with E-state index in [4.69, 9.17) is 4.74 Å². The first-order chi connectivity index (χ1) is 9.61. The lowest BCUT2D eigenvalue weighted by Crippen LogP contribution is -2.35. The fourth-order valence-electron chi connectivity index (χ4n) is 2.40. The van der Waals surface area contributed by atoms with Gasteiger partial charge in [0, 0.05) is 40.2 Å². The number of rotatable bonds is 6. The van der Waals surface area contributed by atoms with Gasteiger partial charge in [-0.25, -0.2) is 0 Å². The summed E-state index contributed by atoms with van der Waals surface area (Å²) >= 11 is 1.62. The topological polar surface area (TPSA) is 49.9 Å². The highest BCUT2D eigenvalue weighted by atomic mass is 32.1. The lowest BCUT2D eigenvalue weighted by atomic mass is 10.1. The molecule has 5 nitrogen and oxygen atoms in total. The third-order valence-electron chi connectivity index (χ3n) is 3.51. The molecule has 1 aliphatic rings. The van der Waals surface area contributed by atoms with Crippen molar-refractivity contribution in [2.24, 2.45) is 5.92 Å². The Kier molecular flexibility index (Phi) is 5.14. The number of hydrogen-bond donors (Lipinski definition) is 0. The molecule has 0 aromatic carbocycles. The van der Waals surface area contributed by atoms with Gasteiger partial charge in [-0.3, -0.25) is 9.59 Å². The van der Waals surface area contributed by atoms with Crippen molar-refractivity contribution >= 4 is 23.2 Å². The fraction of sp³-hybridized carbons (Fsp3) is 0.571. The van der Waals surface area contributed by atoms with Gasteiger partial charge in [-0.1, -0.05) is 0 Å². The molecule has 1 aromatic rings. The molecule has 0 bridgehead atoms. The minimum Gasteiger partial charge on any atom is -0.383 e. The summed E-state index contributed by atoms with van der Waals surface area (Å²) in [7, 11) is 3.40. The minimum absolute atomic E-state index is 0.0457. The van der Waals surface area contributed by atoms with Gasteiger partial charge in [0.1, 0.15) is 0 Å². The lowest BCUT2D eigenvalue weighted by molar-refractivity contribution is -0.135. The van der Waals surface area contributed by atoms with Crippen LogP contribution >= 0.6 is 11.3 Å². The number of hydrogen-bond acceptors (Lipinski definition) is 4. The van der Waals surface area contributed by atoms with Crippen molar-refractivity contribution in [2.45, 2.75) is 13.0 Å². The van der Waals surface area contributed by atoms with Gasteiger partial charge in [0.25, 0.3) is 0 Å². The van der Waals surface area contributed by atoms with Gasteiger partial charge >= 0.3 is 0 Å². The molecular formula is C14H20N2O3S. The van der Waals surface area contributed by atoms with Crippen molar-refractivity contribution in [3.05, 3.63) is 22.4 Å². The quantitative estimate of drug-likeness (QED) is 0.792. The number of carbonyl (C=O) groups is 2. The van der Waals surface area contributed by atoms with E-state index in [-0.39, 0.29) is 17.7 Å². The van der Waals surface area contributed by atoms with Gasteiger partial charge in [0.05, 0.1) is 12.5 Å². The Morgan fingerprint density at radius 3 is 3.05 bits per heavy atom. The number of methoxy groups -OCH3 is 1. The van der Waals surface area contributed by atoms with Crippen LogP contribution in [-0.4, -0.2) is 55.5 Å². The molecule has 1 aliphatic heterocycles. The molecule has 2 rings (SSSR count). The molecule has 1 fully saturated rings. The summed E-state index contributed by atoms with van der Waals surface area (Å²) in [5, 5.41) is 4.04. The Balaban J connectivity index is 1.88. The summed E-state index contributed by atoms with van der Waals surface area (Å²) < 4.78 is 4.98. The summed E-state index contributed by atoms with van der Waals surface area (Å²) in [6.07, 6.45) is 0.316. The number of thiophene rings is 1. The zero-order valence-corrected chi connectivity index (χ0v) is 12.7. The van der Waals surface area contributed by atoms with E-state index in [9.17, 15) is 9.59 Å². The van der Waals surface area contributed by atoms with E-state index in [1.165, 1.54) is 0 Å². The molecule has 1 atom stereocenters. The zero-order valence-electron chi connectivity index (χ0n) is 11.9. The first-order valence-electron chi connectivity index (χ1n) is 6.64. The molecule has 1 unspecified atom stereocenters. The maximum absolute atomic E-state index is 12.4. The van der Waals surface area contributed by atoms with Crippen LogP contribution in [-0.2, 0) is 20.9 Å². The Bertz CT molecular complexity index is 461. The standard InChI is InChI=1S/C14H20N2O3S/c1-15(8-11-3-6-20-10-11)14(18)12-7-13(17)16(9-12)4-5-19-2/h3,6,10,12H,4-5,7-9H2,1-2H3. The van der Waals surface area contributed by atoms with Crippen molar-refractivity contribution in [3.8, 4) is 0 Å². The van der Waals surface area contributed by atoms with E-state index >= 15 is 0 Å². The first kappa shape index (κ1) is 15.0. The third-order valence-corrected chi connectivity index (χ3v) is 4.24. The molecule has 1 aromatic heterocycles. The summed E-state index contributed by atoms with van der Waals surface area (Å²) in [5.74, 6) is -0.128. The SMILES string of the molecule is COCCN1CC(C(=O)N(C)Cc2ccsc2)CC1=O. The van der Waals surface area contributed by atoms with E-state index in [2.05, 4.69) is 0 Å². The highest BCUT2D eigenvalue weighted by Crippen LogP contribution is 2.20. The molecule has 2 amide bonds. The summed E-state index contributed by atoms with van der Waals surface area (Å²) in [4.78, 5) is 27.6. The van der Waals surface area contributed by atoms with Gasteiger partial charge in [-0.2, -0.15) is 11.3 Å². The van der Waals surface area contributed by atoms with Crippen LogP contribution in [0.5, 0.6) is 0 Å². The monoisotopic (exact) mass is 296 g/mol. The van der Waals surface area contributed by atoms with Crippen molar-refractivity contribution < 1.29 is 14.3 Å². The summed E-state index contributed by atoms with van der Waals surface area (Å²) in [6, 6.07) is 2.01. The molecule has 2 heterocycles. The molecule has 1 saturated heterocycles. The maximum atomic E-state index is 12.4. The molecule has 0 N–H and O–H groups in total. The minimum atomic E-state index is -0.219. The molecule has 0 radical (unpaired) electrons. The Morgan fingerprint density at radius 2 is 2.40 bits per heavy atom. The van der Waals surface area contributed by atoms with E-state index in [1.54, 1.807) is 35.3 Å². The van der Waals surface area contributed by atoms with Gasteiger partial charge in [0.2, 0.25) is 11.8 Å². The van der Waals surface area contributed by atoms with Crippen LogP contribution in [0.2, 0.25) is 0 Å². The molecule has 0 saturated carbocycles. The van der Waals surface area contributed by atoms with Crippen molar-refractivity contribution in [2.75, 3.05) is 33.9 Å². The number of amides is 2. The summed E-state index contributed by atoms with van der Waals surface area (Å²) in [5.41, 5.74) is 1.13. The van der Waals surface area contributed by atoms with Gasteiger partial charge < -0.3 is 14.5 Å². The van der Waals surface area contributed by atoms with Crippen molar-refractivity contribution in [1.82, 2.24) is 9.80 Å². The molecule has 0 aliphatic carbocycles. The van der Waals surface area contributed by atoms with Crippen LogP contribution in [0, 0.1) is 5.92 Å². The largest absolute Gasteiger partial charge is 0.383 e. The van der Waals surface area contributed by atoms with Gasteiger partial charge in [0.15, 0.2) is 0 Å². The average Bonchev–Trinajstić information content (AvgIpc) is 3.05. The van der Waals surface area contributed by atoms with Gasteiger partial charge in [-0.05, 0) is 22.4 Å². The molecule has 0 spiro atoms. The van der Waals surface area contributed by atoms with E-state index in [1.807, 2.05) is 16.8 Å². The predicted molar refractivity (Wildman–Crippen MR) is 77.4 cm³/mol. The van der Waals surface area contributed by atoms with Crippen molar-refractivity contribution in [3.63, 3.8) is 0 Å². The first-order valence-corrected chi connectivity index (χ1v) is 7.59. The lowest BCUT2D eigenvalue weighted by Gasteiger charge is -2.21. The number of ether oxygens (including phenoxy) is 1. The third kappa shape index (κ3) is 3.58. The van der Waals surface area contributed by atoms with E-state index in [0.29, 0.717) is 32.7 Å². The second-order valence-corrected chi connectivity index (χ2v) is 5.84. The Labute approximate surface area is 123 Å². The van der Waals surface area contributed by atoms with Crippen LogP contribution in [0.4, 0.5) is 0 Å². The number of nitrogens with zero attached hydrogens (tertiary/aromatic N) is 2. The maximum Gasteiger partial charge on any atom is 0.228 e. The molecule has 110 valence electrons. The van der Waals surface area contributed by atoms with Crippen LogP contribution in [0.1, 0.15) is 12.0 Å². The van der Waals surface area contributed by atoms with E-state index < -0.39 is 0 Å². The van der Waals surface area contributed by atoms with Crippen LogP contribution in [0.25, 0.3) is 0 Å².